The average molecular weight is 401 g/mol. The van der Waals surface area contributed by atoms with Crippen LogP contribution >= 0.6 is 11.8 Å². The summed E-state index contributed by atoms with van der Waals surface area (Å²) in [6.07, 6.45) is 6.86. The smallest absolute Gasteiger partial charge is 0.0329 e. The SMILES string of the molecule is CC1=CC=C2SC(C)=C(C)C12.CC1=Cc2c(-c3ccccc3)cccc2C1[SiH3]. The van der Waals surface area contributed by atoms with Crippen molar-refractivity contribution in [3.63, 3.8) is 0 Å². The lowest BCUT2D eigenvalue weighted by Crippen LogP contribution is -1.96. The van der Waals surface area contributed by atoms with Crippen LogP contribution in [0.1, 0.15) is 44.4 Å². The predicted molar refractivity (Wildman–Crippen MR) is 130 cm³/mol. The van der Waals surface area contributed by atoms with Gasteiger partial charge in [0.1, 0.15) is 0 Å². The van der Waals surface area contributed by atoms with E-state index in [4.69, 9.17) is 0 Å². The van der Waals surface area contributed by atoms with Gasteiger partial charge in [-0.1, -0.05) is 95.2 Å². The molecule has 0 bridgehead atoms. The Morgan fingerprint density at radius 3 is 2.29 bits per heavy atom. The molecule has 0 spiro atoms. The van der Waals surface area contributed by atoms with E-state index in [9.17, 15) is 0 Å². The van der Waals surface area contributed by atoms with Gasteiger partial charge in [0.2, 0.25) is 0 Å². The molecule has 0 saturated carbocycles. The summed E-state index contributed by atoms with van der Waals surface area (Å²) in [7, 11) is 1.21. The highest BCUT2D eigenvalue weighted by molar-refractivity contribution is 8.07. The zero-order valence-corrected chi connectivity index (χ0v) is 20.2. The van der Waals surface area contributed by atoms with Crippen molar-refractivity contribution in [2.24, 2.45) is 5.92 Å². The third-order valence-electron chi connectivity index (χ3n) is 6.26. The van der Waals surface area contributed by atoms with Crippen LogP contribution in [-0.4, -0.2) is 10.2 Å². The Kier molecular flexibility index (Phi) is 5.35. The van der Waals surface area contributed by atoms with Crippen LogP contribution in [0.25, 0.3) is 17.2 Å². The lowest BCUT2D eigenvalue weighted by atomic mass is 9.96. The van der Waals surface area contributed by atoms with Gasteiger partial charge >= 0.3 is 0 Å². The first-order valence-corrected chi connectivity index (χ1v) is 12.0. The van der Waals surface area contributed by atoms with Crippen molar-refractivity contribution in [2.45, 2.75) is 33.2 Å². The third-order valence-corrected chi connectivity index (χ3v) is 9.02. The van der Waals surface area contributed by atoms with E-state index in [0.717, 1.165) is 0 Å². The molecule has 0 fully saturated rings. The Balaban J connectivity index is 0.000000151. The van der Waals surface area contributed by atoms with E-state index in [0.29, 0.717) is 11.5 Å². The Morgan fingerprint density at radius 2 is 1.57 bits per heavy atom. The Morgan fingerprint density at radius 1 is 0.821 bits per heavy atom. The molecule has 2 unspecified atom stereocenters. The van der Waals surface area contributed by atoms with Gasteiger partial charge in [-0.25, -0.2) is 0 Å². The highest BCUT2D eigenvalue weighted by Gasteiger charge is 2.29. The fourth-order valence-electron chi connectivity index (χ4n) is 4.33. The molecule has 0 radical (unpaired) electrons. The second-order valence-corrected chi connectivity index (χ2v) is 10.5. The second kappa shape index (κ2) is 7.77. The number of rotatable bonds is 1. The van der Waals surface area contributed by atoms with Gasteiger partial charge in [-0.3, -0.25) is 0 Å². The van der Waals surface area contributed by atoms with E-state index < -0.39 is 0 Å². The summed E-state index contributed by atoms with van der Waals surface area (Å²) in [6, 6.07) is 17.4. The molecule has 2 aromatic carbocycles. The van der Waals surface area contributed by atoms with E-state index in [2.05, 4.69) is 94.5 Å². The van der Waals surface area contributed by atoms with Crippen molar-refractivity contribution in [3.8, 4) is 11.1 Å². The number of hydrogen-bond donors (Lipinski definition) is 0. The van der Waals surface area contributed by atoms with Gasteiger partial charge in [-0.2, -0.15) is 0 Å². The predicted octanol–water partition coefficient (Wildman–Crippen LogP) is 6.66. The van der Waals surface area contributed by atoms with Crippen LogP contribution in [-0.2, 0) is 0 Å². The molecular weight excluding hydrogens is 372 g/mol. The van der Waals surface area contributed by atoms with Crippen LogP contribution in [0.5, 0.6) is 0 Å². The van der Waals surface area contributed by atoms with Gasteiger partial charge in [-0.05, 0) is 60.4 Å². The van der Waals surface area contributed by atoms with Crippen molar-refractivity contribution >= 4 is 28.1 Å². The molecule has 0 saturated heterocycles. The molecule has 5 rings (SSSR count). The molecule has 0 N–H and O–H groups in total. The van der Waals surface area contributed by atoms with Crippen LogP contribution in [0.2, 0.25) is 0 Å². The summed E-state index contributed by atoms with van der Waals surface area (Å²) < 4.78 is 0. The standard InChI is InChI=1S/C16H16Si.C10H12S/c1-11-10-15-13(12-6-3-2-4-7-12)8-5-9-14(15)16(11)17;1-6-4-5-9-10(6)7(2)8(3)11-9/h2-10,16H,1,17H3;4-5,10H,1-3H3. The van der Waals surface area contributed by atoms with Crippen molar-refractivity contribution in [2.75, 3.05) is 0 Å². The molecule has 28 heavy (non-hydrogen) atoms. The molecule has 2 heteroatoms. The zero-order chi connectivity index (χ0) is 19.8. The molecule has 0 amide bonds. The monoisotopic (exact) mass is 400 g/mol. The maximum Gasteiger partial charge on any atom is 0.0329 e. The summed E-state index contributed by atoms with van der Waals surface area (Å²) in [5, 5.41) is 0. The number of hydrogen-bond acceptors (Lipinski definition) is 1. The van der Waals surface area contributed by atoms with Gasteiger partial charge < -0.3 is 0 Å². The van der Waals surface area contributed by atoms with Gasteiger partial charge in [0.25, 0.3) is 0 Å². The minimum Gasteiger partial charge on any atom is -0.0983 e. The minimum absolute atomic E-state index is 0.653. The van der Waals surface area contributed by atoms with E-state index in [-0.39, 0.29) is 0 Å². The number of thioether (sulfide) groups is 1. The maximum absolute atomic E-state index is 2.37. The number of allylic oxidation sites excluding steroid dienone is 7. The molecule has 142 valence electrons. The van der Waals surface area contributed by atoms with E-state index >= 15 is 0 Å². The molecule has 2 aliphatic carbocycles. The molecule has 0 nitrogen and oxygen atoms in total. The van der Waals surface area contributed by atoms with Crippen molar-refractivity contribution in [3.05, 3.63) is 98.3 Å². The van der Waals surface area contributed by atoms with Gasteiger partial charge in [0, 0.05) is 21.1 Å². The van der Waals surface area contributed by atoms with Gasteiger partial charge in [0.05, 0.1) is 0 Å². The van der Waals surface area contributed by atoms with Gasteiger partial charge in [0.15, 0.2) is 0 Å². The van der Waals surface area contributed by atoms with Crippen molar-refractivity contribution in [1.82, 2.24) is 0 Å². The Bertz CT molecular complexity index is 1040. The molecule has 1 aliphatic heterocycles. The van der Waals surface area contributed by atoms with E-state index in [1.807, 2.05) is 11.8 Å². The van der Waals surface area contributed by atoms with Crippen LogP contribution < -0.4 is 0 Å². The summed E-state index contributed by atoms with van der Waals surface area (Å²) >= 11 is 1.94. The van der Waals surface area contributed by atoms with Crippen molar-refractivity contribution < 1.29 is 0 Å². The topological polar surface area (TPSA) is 0 Å². The average Bonchev–Trinajstić information content (AvgIpc) is 3.31. The molecule has 3 aliphatic rings. The molecular formula is C26H28SSi. The third kappa shape index (κ3) is 3.40. The summed E-state index contributed by atoms with van der Waals surface area (Å²) in [5.74, 6) is 0.653. The fraction of sp³-hybridized carbons (Fsp3) is 0.231. The van der Waals surface area contributed by atoms with E-state index in [1.165, 1.54) is 53.5 Å². The zero-order valence-electron chi connectivity index (χ0n) is 17.4. The van der Waals surface area contributed by atoms with Crippen molar-refractivity contribution in [1.29, 1.82) is 0 Å². The van der Waals surface area contributed by atoms with Crippen LogP contribution in [0.3, 0.4) is 0 Å². The minimum atomic E-state index is 0.653. The normalized spacial score (nSPS) is 22.2. The quantitative estimate of drug-likeness (QED) is 0.482. The fourth-order valence-corrected chi connectivity index (χ4v) is 6.25. The first-order valence-electron chi connectivity index (χ1n) is 10.1. The largest absolute Gasteiger partial charge is 0.0983 e. The molecule has 2 atom stereocenters. The highest BCUT2D eigenvalue weighted by Crippen LogP contribution is 2.50. The lowest BCUT2D eigenvalue weighted by molar-refractivity contribution is 0.903. The summed E-state index contributed by atoms with van der Waals surface area (Å²) in [5.41, 5.74) is 10.9. The first kappa shape index (κ1) is 19.3. The summed E-state index contributed by atoms with van der Waals surface area (Å²) in [4.78, 5) is 3.02. The molecule has 0 aromatic heterocycles. The lowest BCUT2D eigenvalue weighted by Gasteiger charge is -2.10. The Labute approximate surface area is 176 Å². The van der Waals surface area contributed by atoms with Crippen LogP contribution in [0.15, 0.2) is 87.2 Å². The first-order chi connectivity index (χ1) is 13.5. The van der Waals surface area contributed by atoms with Crippen LogP contribution in [0.4, 0.5) is 0 Å². The van der Waals surface area contributed by atoms with Crippen LogP contribution in [0, 0.1) is 5.92 Å². The maximum atomic E-state index is 2.37. The number of benzene rings is 2. The molecule has 1 heterocycles. The molecule has 2 aromatic rings. The Hall–Kier alpha value is -2.03. The number of fused-ring (bicyclic) bond motifs is 2. The van der Waals surface area contributed by atoms with E-state index in [1.54, 1.807) is 5.57 Å². The van der Waals surface area contributed by atoms with Gasteiger partial charge in [-0.15, -0.1) is 0 Å². The summed E-state index contributed by atoms with van der Waals surface area (Å²) in [6.45, 7) is 8.94. The highest BCUT2D eigenvalue weighted by atomic mass is 32.2. The second-order valence-electron chi connectivity index (χ2n) is 8.04.